The summed E-state index contributed by atoms with van der Waals surface area (Å²) in [5.41, 5.74) is 1.25. The lowest BCUT2D eigenvalue weighted by atomic mass is 10.1. The minimum absolute atomic E-state index is 0.120. The molecule has 2 saturated heterocycles. The summed E-state index contributed by atoms with van der Waals surface area (Å²) in [6.45, 7) is 4.34. The van der Waals surface area contributed by atoms with Gasteiger partial charge in [-0.1, -0.05) is 0 Å². The molecule has 2 aromatic rings. The van der Waals surface area contributed by atoms with Crippen LogP contribution in [0.5, 0.6) is 11.5 Å². The van der Waals surface area contributed by atoms with Gasteiger partial charge in [0.2, 0.25) is 0 Å². The number of nitrogens with one attached hydrogen (secondary N) is 2. The van der Waals surface area contributed by atoms with E-state index in [-0.39, 0.29) is 17.8 Å². The van der Waals surface area contributed by atoms with Crippen LogP contribution in [0.2, 0.25) is 0 Å². The summed E-state index contributed by atoms with van der Waals surface area (Å²) in [6, 6.07) is 5.66. The molecule has 0 saturated carbocycles. The molecule has 5 rings (SSSR count). The van der Waals surface area contributed by atoms with E-state index >= 15 is 0 Å². The van der Waals surface area contributed by atoms with E-state index in [4.69, 9.17) is 31.2 Å². The fourth-order valence-electron chi connectivity index (χ4n) is 4.48. The molecule has 0 aliphatic carbocycles. The van der Waals surface area contributed by atoms with Gasteiger partial charge in [0.1, 0.15) is 13.2 Å². The number of pyridine rings is 1. The third-order valence-corrected chi connectivity index (χ3v) is 6.59. The first-order valence-electron chi connectivity index (χ1n) is 11.4. The summed E-state index contributed by atoms with van der Waals surface area (Å²) < 4.78 is 22.9. The van der Waals surface area contributed by atoms with Crippen molar-refractivity contribution in [1.29, 1.82) is 0 Å². The maximum Gasteiger partial charge on any atom is 0.253 e. The maximum absolute atomic E-state index is 12.9. The largest absolute Gasteiger partial charge is 0.486 e. The van der Waals surface area contributed by atoms with Gasteiger partial charge in [-0.15, -0.1) is 0 Å². The van der Waals surface area contributed by atoms with Crippen LogP contribution in [0.4, 0.5) is 0 Å². The predicted molar refractivity (Wildman–Crippen MR) is 125 cm³/mol. The van der Waals surface area contributed by atoms with Gasteiger partial charge in [-0.25, -0.2) is 0 Å². The van der Waals surface area contributed by atoms with Gasteiger partial charge in [-0.2, -0.15) is 0 Å². The molecule has 3 aliphatic rings. The average Bonchev–Trinajstić information content (AvgIpc) is 3.50. The summed E-state index contributed by atoms with van der Waals surface area (Å²) in [7, 11) is 0. The first-order chi connectivity index (χ1) is 15.7. The topological polar surface area (TPSA) is 85.1 Å². The second kappa shape index (κ2) is 9.64. The Morgan fingerprint density at radius 3 is 2.47 bits per heavy atom. The third kappa shape index (κ3) is 4.84. The van der Waals surface area contributed by atoms with Gasteiger partial charge in [-0.3, -0.25) is 4.79 Å². The standard InChI is InChI=1S/C23H29N3O5S/c27-22-16(9-15-10-20-21(11-19(15)25-22)31-8-7-30-20)13-26(14-18-4-2-6-29-18)23(32)24-12-17-3-1-5-28-17/h9-11,17-18H,1-8,12-14H2,(H,24,32)(H,25,27)/t17-,18-/m1/s1. The summed E-state index contributed by atoms with van der Waals surface area (Å²) in [5, 5.41) is 4.87. The van der Waals surface area contributed by atoms with Crippen LogP contribution >= 0.6 is 12.2 Å². The molecule has 0 unspecified atom stereocenters. The van der Waals surface area contributed by atoms with Crippen molar-refractivity contribution in [2.45, 2.75) is 44.4 Å². The zero-order valence-electron chi connectivity index (χ0n) is 18.1. The number of hydrogen-bond donors (Lipinski definition) is 2. The van der Waals surface area contributed by atoms with Crippen molar-refractivity contribution in [3.63, 3.8) is 0 Å². The Morgan fingerprint density at radius 1 is 1.03 bits per heavy atom. The van der Waals surface area contributed by atoms with E-state index in [9.17, 15) is 4.79 Å². The van der Waals surface area contributed by atoms with E-state index in [1.807, 2.05) is 23.1 Å². The van der Waals surface area contributed by atoms with Crippen LogP contribution in [0.3, 0.4) is 0 Å². The van der Waals surface area contributed by atoms with Gasteiger partial charge in [0, 0.05) is 43.3 Å². The first-order valence-corrected chi connectivity index (χ1v) is 11.8. The molecular formula is C23H29N3O5S. The van der Waals surface area contributed by atoms with Crippen molar-refractivity contribution >= 4 is 28.2 Å². The molecule has 2 fully saturated rings. The molecule has 1 aromatic carbocycles. The van der Waals surface area contributed by atoms with E-state index in [0.717, 1.165) is 49.8 Å². The molecule has 2 N–H and O–H groups in total. The highest BCUT2D eigenvalue weighted by Gasteiger charge is 2.23. The normalized spacial score (nSPS) is 22.2. The number of rotatable bonds is 6. The van der Waals surface area contributed by atoms with Crippen molar-refractivity contribution < 1.29 is 18.9 Å². The molecule has 2 atom stereocenters. The summed E-state index contributed by atoms with van der Waals surface area (Å²) in [5.74, 6) is 1.36. The quantitative estimate of drug-likeness (QED) is 0.637. The molecule has 3 aliphatic heterocycles. The molecule has 0 radical (unpaired) electrons. The van der Waals surface area contributed by atoms with Crippen molar-refractivity contribution in [3.8, 4) is 11.5 Å². The summed E-state index contributed by atoms with van der Waals surface area (Å²) in [4.78, 5) is 17.9. The van der Waals surface area contributed by atoms with E-state index in [2.05, 4.69) is 10.3 Å². The van der Waals surface area contributed by atoms with Crippen LogP contribution in [0, 0.1) is 0 Å². The van der Waals surface area contributed by atoms with Crippen LogP contribution < -0.4 is 20.3 Å². The average molecular weight is 460 g/mol. The lowest BCUT2D eigenvalue weighted by Crippen LogP contribution is -2.45. The molecule has 172 valence electrons. The molecular weight excluding hydrogens is 430 g/mol. The Bertz CT molecular complexity index is 1030. The van der Waals surface area contributed by atoms with Crippen molar-refractivity contribution in [2.24, 2.45) is 0 Å². The number of ether oxygens (including phenoxy) is 4. The molecule has 0 bridgehead atoms. The van der Waals surface area contributed by atoms with Gasteiger partial charge in [0.25, 0.3) is 5.56 Å². The lowest BCUT2D eigenvalue weighted by molar-refractivity contribution is 0.0885. The van der Waals surface area contributed by atoms with E-state index in [0.29, 0.717) is 55.0 Å². The van der Waals surface area contributed by atoms with Crippen LogP contribution in [-0.2, 0) is 16.0 Å². The fourth-order valence-corrected chi connectivity index (χ4v) is 4.71. The Kier molecular flexibility index (Phi) is 6.47. The minimum Gasteiger partial charge on any atom is -0.486 e. The first kappa shape index (κ1) is 21.5. The Balaban J connectivity index is 1.36. The highest BCUT2D eigenvalue weighted by atomic mass is 32.1. The predicted octanol–water partition coefficient (Wildman–Crippen LogP) is 2.33. The summed E-state index contributed by atoms with van der Waals surface area (Å²) in [6.07, 6.45) is 4.50. The molecule has 1 aromatic heterocycles. The van der Waals surface area contributed by atoms with Crippen molar-refractivity contribution in [2.75, 3.05) is 39.5 Å². The minimum atomic E-state index is -0.131. The molecule has 8 nitrogen and oxygen atoms in total. The Hall–Kier alpha value is -2.36. The highest BCUT2D eigenvalue weighted by molar-refractivity contribution is 7.80. The Labute approximate surface area is 192 Å². The second-order valence-electron chi connectivity index (χ2n) is 8.54. The number of H-pyrrole nitrogens is 1. The molecule has 9 heteroatoms. The second-order valence-corrected chi connectivity index (χ2v) is 8.93. The fraction of sp³-hybridized carbons (Fsp3) is 0.565. The zero-order chi connectivity index (χ0) is 21.9. The number of benzene rings is 1. The van der Waals surface area contributed by atoms with E-state index in [1.54, 1.807) is 0 Å². The van der Waals surface area contributed by atoms with Gasteiger partial charge in [0.05, 0.1) is 24.3 Å². The number of fused-ring (bicyclic) bond motifs is 2. The van der Waals surface area contributed by atoms with Gasteiger partial charge in [0.15, 0.2) is 16.6 Å². The monoisotopic (exact) mass is 459 g/mol. The van der Waals surface area contributed by atoms with Crippen LogP contribution in [-0.4, -0.2) is 66.7 Å². The van der Waals surface area contributed by atoms with E-state index in [1.165, 1.54) is 0 Å². The van der Waals surface area contributed by atoms with Gasteiger partial charge in [-0.05, 0) is 50.0 Å². The molecule has 4 heterocycles. The van der Waals surface area contributed by atoms with Crippen LogP contribution in [0.15, 0.2) is 23.0 Å². The number of thiocarbonyl (C=S) groups is 1. The van der Waals surface area contributed by atoms with Gasteiger partial charge >= 0.3 is 0 Å². The van der Waals surface area contributed by atoms with Crippen molar-refractivity contribution in [1.82, 2.24) is 15.2 Å². The smallest absolute Gasteiger partial charge is 0.253 e. The number of aromatic amines is 1. The van der Waals surface area contributed by atoms with Crippen LogP contribution in [0.1, 0.15) is 31.2 Å². The maximum atomic E-state index is 12.9. The molecule has 0 spiro atoms. The van der Waals surface area contributed by atoms with Crippen molar-refractivity contribution in [3.05, 3.63) is 34.1 Å². The number of hydrogen-bond acceptors (Lipinski definition) is 6. The zero-order valence-corrected chi connectivity index (χ0v) is 18.9. The molecule has 32 heavy (non-hydrogen) atoms. The number of aromatic nitrogens is 1. The van der Waals surface area contributed by atoms with Gasteiger partial charge < -0.3 is 34.1 Å². The summed E-state index contributed by atoms with van der Waals surface area (Å²) >= 11 is 5.72. The lowest BCUT2D eigenvalue weighted by Gasteiger charge is -2.29. The Morgan fingerprint density at radius 2 is 1.75 bits per heavy atom. The van der Waals surface area contributed by atoms with Crippen LogP contribution in [0.25, 0.3) is 10.9 Å². The number of nitrogens with zero attached hydrogens (tertiary/aromatic N) is 1. The van der Waals surface area contributed by atoms with E-state index < -0.39 is 0 Å². The molecule has 0 amide bonds. The SMILES string of the molecule is O=c1[nH]c2cc3c(cc2cc1CN(C[C@H]1CCCO1)C(=S)NC[C@H]1CCCO1)OCCO3. The highest BCUT2D eigenvalue weighted by Crippen LogP contribution is 2.33. The third-order valence-electron chi connectivity index (χ3n) is 6.19.